The second kappa shape index (κ2) is 4.41. The highest BCUT2D eigenvalue weighted by molar-refractivity contribution is 5.98. The Kier molecular flexibility index (Phi) is 3.48. The number of hydrogen-bond acceptors (Lipinski definition) is 2. The van der Waals surface area contributed by atoms with Gasteiger partial charge in [-0.05, 0) is 31.8 Å². The summed E-state index contributed by atoms with van der Waals surface area (Å²) in [7, 11) is 0. The monoisotopic (exact) mass is 168 g/mol. The molecule has 1 unspecified atom stereocenters. The van der Waals surface area contributed by atoms with Gasteiger partial charge in [-0.1, -0.05) is 18.9 Å². The fourth-order valence-corrected chi connectivity index (χ4v) is 1.47. The predicted molar refractivity (Wildman–Crippen MR) is 47.9 cm³/mol. The van der Waals surface area contributed by atoms with Gasteiger partial charge in [0, 0.05) is 0 Å². The van der Waals surface area contributed by atoms with E-state index in [1.54, 1.807) is 6.92 Å². The van der Waals surface area contributed by atoms with Crippen molar-refractivity contribution >= 4 is 5.78 Å². The molecule has 0 radical (unpaired) electrons. The zero-order valence-corrected chi connectivity index (χ0v) is 7.55. The maximum Gasteiger partial charge on any atom is 0.186 e. The summed E-state index contributed by atoms with van der Waals surface area (Å²) >= 11 is 0. The van der Waals surface area contributed by atoms with Gasteiger partial charge in [0.25, 0.3) is 0 Å². The second-order valence-corrected chi connectivity index (χ2v) is 3.41. The minimum atomic E-state index is -0.751. The molecule has 1 rings (SSSR count). The number of rotatable bonds is 0. The van der Waals surface area contributed by atoms with Crippen LogP contribution < -0.4 is 0 Å². The molecule has 0 fully saturated rings. The fourth-order valence-electron chi connectivity index (χ4n) is 1.47. The molecule has 0 aromatic carbocycles. The van der Waals surface area contributed by atoms with Gasteiger partial charge >= 0.3 is 0 Å². The van der Waals surface area contributed by atoms with Crippen LogP contribution in [0.1, 0.15) is 39.0 Å². The van der Waals surface area contributed by atoms with Gasteiger partial charge in [0.05, 0.1) is 0 Å². The Morgan fingerprint density at radius 2 is 2.17 bits per heavy atom. The zero-order chi connectivity index (χ0) is 8.97. The molecule has 0 saturated heterocycles. The first kappa shape index (κ1) is 9.46. The summed E-state index contributed by atoms with van der Waals surface area (Å²) in [5, 5.41) is 9.39. The standard InChI is InChI=1S/C10H16O2/c1-8-6-4-2-3-5-7-9(11)10(8)12/h6,9,11H,2-5,7H2,1H3/b8-6-. The summed E-state index contributed by atoms with van der Waals surface area (Å²) in [5.41, 5.74) is 0.726. The molecule has 1 aliphatic carbocycles. The Balaban J connectivity index is 2.65. The Morgan fingerprint density at radius 3 is 2.92 bits per heavy atom. The lowest BCUT2D eigenvalue weighted by Gasteiger charge is -2.07. The molecule has 0 bridgehead atoms. The summed E-state index contributed by atoms with van der Waals surface area (Å²) < 4.78 is 0. The van der Waals surface area contributed by atoms with Crippen LogP contribution in [0.4, 0.5) is 0 Å². The molecule has 0 spiro atoms. The van der Waals surface area contributed by atoms with Crippen LogP contribution in [-0.4, -0.2) is 17.0 Å². The summed E-state index contributed by atoms with van der Waals surface area (Å²) in [6.07, 6.45) is 6.02. The van der Waals surface area contributed by atoms with E-state index in [4.69, 9.17) is 0 Å². The highest BCUT2D eigenvalue weighted by Crippen LogP contribution is 2.14. The van der Waals surface area contributed by atoms with Gasteiger partial charge in [-0.2, -0.15) is 0 Å². The van der Waals surface area contributed by atoms with Crippen LogP contribution in [0.25, 0.3) is 0 Å². The first-order chi connectivity index (χ1) is 5.72. The molecule has 0 aromatic heterocycles. The van der Waals surface area contributed by atoms with E-state index in [1.807, 2.05) is 6.08 Å². The molecule has 1 aliphatic rings. The van der Waals surface area contributed by atoms with Gasteiger partial charge < -0.3 is 5.11 Å². The molecule has 0 aromatic rings. The first-order valence-corrected chi connectivity index (χ1v) is 4.61. The zero-order valence-electron chi connectivity index (χ0n) is 7.55. The van der Waals surface area contributed by atoms with Crippen molar-refractivity contribution in [3.05, 3.63) is 11.6 Å². The van der Waals surface area contributed by atoms with Gasteiger partial charge in [-0.25, -0.2) is 0 Å². The predicted octanol–water partition coefficient (Wildman–Crippen LogP) is 1.83. The Bertz CT molecular complexity index is 194. The third-order valence-corrected chi connectivity index (χ3v) is 2.32. The molecule has 0 aliphatic heterocycles. The summed E-state index contributed by atoms with van der Waals surface area (Å²) in [6, 6.07) is 0. The van der Waals surface area contributed by atoms with Gasteiger partial charge in [0.15, 0.2) is 5.78 Å². The highest BCUT2D eigenvalue weighted by atomic mass is 16.3. The molecule has 12 heavy (non-hydrogen) atoms. The van der Waals surface area contributed by atoms with Gasteiger partial charge in [0.1, 0.15) is 6.10 Å². The third-order valence-electron chi connectivity index (χ3n) is 2.32. The number of hydrogen-bond donors (Lipinski definition) is 1. The maximum atomic E-state index is 11.3. The summed E-state index contributed by atoms with van der Waals surface area (Å²) in [6.45, 7) is 1.79. The van der Waals surface area contributed by atoms with E-state index in [-0.39, 0.29) is 5.78 Å². The molecule has 2 nitrogen and oxygen atoms in total. The number of carbonyl (C=O) groups is 1. The third kappa shape index (κ3) is 2.45. The van der Waals surface area contributed by atoms with Crippen LogP contribution in [-0.2, 0) is 4.79 Å². The van der Waals surface area contributed by atoms with E-state index >= 15 is 0 Å². The van der Waals surface area contributed by atoms with Crippen molar-refractivity contribution in [2.75, 3.05) is 0 Å². The van der Waals surface area contributed by atoms with Crippen molar-refractivity contribution < 1.29 is 9.90 Å². The van der Waals surface area contributed by atoms with Crippen molar-refractivity contribution in [3.8, 4) is 0 Å². The number of carbonyl (C=O) groups excluding carboxylic acids is 1. The SMILES string of the molecule is C/C1=C/CCCCCC(O)C1=O. The Labute approximate surface area is 73.3 Å². The smallest absolute Gasteiger partial charge is 0.186 e. The molecule has 1 N–H and O–H groups in total. The van der Waals surface area contributed by atoms with Crippen LogP contribution in [0.2, 0.25) is 0 Å². The first-order valence-electron chi connectivity index (χ1n) is 4.61. The molecule has 68 valence electrons. The van der Waals surface area contributed by atoms with Crippen LogP contribution >= 0.6 is 0 Å². The lowest BCUT2D eigenvalue weighted by atomic mass is 10.0. The normalized spacial score (nSPS) is 31.3. The van der Waals surface area contributed by atoms with E-state index in [2.05, 4.69) is 0 Å². The number of aliphatic hydroxyl groups excluding tert-OH is 1. The van der Waals surface area contributed by atoms with E-state index in [0.29, 0.717) is 6.42 Å². The van der Waals surface area contributed by atoms with Gasteiger partial charge in [-0.15, -0.1) is 0 Å². The quantitative estimate of drug-likeness (QED) is 0.599. The van der Waals surface area contributed by atoms with Crippen LogP contribution in [0.15, 0.2) is 11.6 Å². The summed E-state index contributed by atoms with van der Waals surface area (Å²) in [5.74, 6) is -0.0862. The van der Waals surface area contributed by atoms with E-state index in [9.17, 15) is 9.90 Å². The molecule has 2 heteroatoms. The van der Waals surface area contributed by atoms with E-state index in [0.717, 1.165) is 31.3 Å². The molecular formula is C10H16O2. The van der Waals surface area contributed by atoms with E-state index < -0.39 is 6.10 Å². The van der Waals surface area contributed by atoms with Gasteiger partial charge in [-0.3, -0.25) is 4.79 Å². The topological polar surface area (TPSA) is 37.3 Å². The lowest BCUT2D eigenvalue weighted by molar-refractivity contribution is -0.123. The van der Waals surface area contributed by atoms with Gasteiger partial charge in [0.2, 0.25) is 0 Å². The molecular weight excluding hydrogens is 152 g/mol. The highest BCUT2D eigenvalue weighted by Gasteiger charge is 2.16. The lowest BCUT2D eigenvalue weighted by Crippen LogP contribution is -2.20. The number of Topliss-reactive ketones (excluding diaryl/α,β-unsaturated/α-hetero) is 1. The van der Waals surface area contributed by atoms with Crippen molar-refractivity contribution in [3.63, 3.8) is 0 Å². The van der Waals surface area contributed by atoms with Crippen LogP contribution in [0.3, 0.4) is 0 Å². The number of ketones is 1. The molecule has 0 saturated carbocycles. The van der Waals surface area contributed by atoms with E-state index in [1.165, 1.54) is 0 Å². The Hall–Kier alpha value is -0.630. The summed E-state index contributed by atoms with van der Waals surface area (Å²) in [4.78, 5) is 11.3. The van der Waals surface area contributed by atoms with Crippen molar-refractivity contribution in [1.82, 2.24) is 0 Å². The van der Waals surface area contributed by atoms with Crippen molar-refractivity contribution in [1.29, 1.82) is 0 Å². The maximum absolute atomic E-state index is 11.3. The fraction of sp³-hybridized carbons (Fsp3) is 0.700. The largest absolute Gasteiger partial charge is 0.385 e. The average molecular weight is 168 g/mol. The van der Waals surface area contributed by atoms with Crippen molar-refractivity contribution in [2.45, 2.75) is 45.1 Å². The van der Waals surface area contributed by atoms with Crippen LogP contribution in [0, 0.1) is 0 Å². The minimum Gasteiger partial charge on any atom is -0.385 e. The number of aliphatic hydroxyl groups is 1. The Morgan fingerprint density at radius 1 is 1.42 bits per heavy atom. The second-order valence-electron chi connectivity index (χ2n) is 3.41. The van der Waals surface area contributed by atoms with Crippen molar-refractivity contribution in [2.24, 2.45) is 0 Å². The molecule has 0 heterocycles. The number of allylic oxidation sites excluding steroid dienone is 1. The van der Waals surface area contributed by atoms with Crippen LogP contribution in [0.5, 0.6) is 0 Å². The minimum absolute atomic E-state index is 0.0862. The molecule has 0 amide bonds. The average Bonchev–Trinajstić information content (AvgIpc) is 2.12. The molecule has 1 atom stereocenters.